The van der Waals surface area contributed by atoms with Gasteiger partial charge in [-0.05, 0) is 71.3 Å². The van der Waals surface area contributed by atoms with Crippen LogP contribution in [0.25, 0.3) is 11.1 Å². The number of unbranched alkanes of at least 4 members (excludes halogenated alkanes) is 1. The molecule has 3 aromatic rings. The molecule has 0 saturated carbocycles. The largest absolute Gasteiger partial charge is 0.423 e. The van der Waals surface area contributed by atoms with E-state index in [1.165, 1.54) is 41.7 Å². The molecular formula is C25H20FNO2. The van der Waals surface area contributed by atoms with E-state index in [4.69, 9.17) is 10.00 Å². The highest BCUT2D eigenvalue weighted by molar-refractivity contribution is 5.93. The molecule has 0 heterocycles. The number of hydrogen-bond acceptors (Lipinski definition) is 3. The highest BCUT2D eigenvalue weighted by Crippen LogP contribution is 2.37. The minimum absolute atomic E-state index is 0.0795. The highest BCUT2D eigenvalue weighted by atomic mass is 19.1. The molecule has 0 amide bonds. The number of carbonyl (C=O) groups is 1. The van der Waals surface area contributed by atoms with Gasteiger partial charge < -0.3 is 4.74 Å². The number of halogens is 1. The van der Waals surface area contributed by atoms with Gasteiger partial charge in [0.2, 0.25) is 0 Å². The molecule has 0 bridgehead atoms. The van der Waals surface area contributed by atoms with E-state index in [9.17, 15) is 9.18 Å². The molecule has 0 atom stereocenters. The summed E-state index contributed by atoms with van der Waals surface area (Å²) >= 11 is 0. The first-order valence-corrected chi connectivity index (χ1v) is 9.76. The van der Waals surface area contributed by atoms with Gasteiger partial charge in [0.25, 0.3) is 0 Å². The summed E-state index contributed by atoms with van der Waals surface area (Å²) in [7, 11) is 0. The molecule has 4 heteroatoms. The number of nitriles is 1. The molecule has 3 aromatic carbocycles. The summed E-state index contributed by atoms with van der Waals surface area (Å²) < 4.78 is 19.0. The molecule has 0 aliphatic heterocycles. The van der Waals surface area contributed by atoms with Crippen LogP contribution >= 0.6 is 0 Å². The van der Waals surface area contributed by atoms with Crippen molar-refractivity contribution in [3.8, 4) is 22.9 Å². The normalized spacial score (nSPS) is 11.5. The number of ether oxygens (including phenoxy) is 1. The van der Waals surface area contributed by atoms with Gasteiger partial charge in [-0.2, -0.15) is 5.26 Å². The maximum absolute atomic E-state index is 13.7. The van der Waals surface area contributed by atoms with E-state index in [-0.39, 0.29) is 11.3 Å². The number of hydrogen-bond donors (Lipinski definition) is 0. The summed E-state index contributed by atoms with van der Waals surface area (Å²) in [6.45, 7) is 2.19. The van der Waals surface area contributed by atoms with Gasteiger partial charge in [-0.15, -0.1) is 0 Å². The van der Waals surface area contributed by atoms with Crippen LogP contribution in [-0.4, -0.2) is 5.97 Å². The molecule has 0 saturated heterocycles. The lowest BCUT2D eigenvalue weighted by molar-refractivity contribution is 0.0734. The van der Waals surface area contributed by atoms with Gasteiger partial charge in [-0.1, -0.05) is 37.6 Å². The summed E-state index contributed by atoms with van der Waals surface area (Å²) in [5.74, 6) is -1.17. The van der Waals surface area contributed by atoms with Crippen LogP contribution in [0.1, 0.15) is 52.4 Å². The summed E-state index contributed by atoms with van der Waals surface area (Å²) in [5, 5.41) is 8.80. The van der Waals surface area contributed by atoms with Crippen molar-refractivity contribution < 1.29 is 13.9 Å². The Balaban J connectivity index is 1.53. The van der Waals surface area contributed by atoms with Gasteiger partial charge in [0, 0.05) is 6.07 Å². The number of aryl methyl sites for hydroxylation is 1. The van der Waals surface area contributed by atoms with E-state index >= 15 is 0 Å². The number of carbonyl (C=O) groups excluding carboxylic acids is 1. The van der Waals surface area contributed by atoms with Crippen molar-refractivity contribution in [2.75, 3.05) is 0 Å². The molecule has 0 fully saturated rings. The van der Waals surface area contributed by atoms with Crippen LogP contribution in [-0.2, 0) is 12.8 Å². The Morgan fingerprint density at radius 1 is 1.07 bits per heavy atom. The highest BCUT2D eigenvalue weighted by Gasteiger charge is 2.21. The van der Waals surface area contributed by atoms with Crippen molar-refractivity contribution >= 4 is 5.97 Å². The molecule has 0 spiro atoms. The topological polar surface area (TPSA) is 50.1 Å². The maximum atomic E-state index is 13.7. The summed E-state index contributed by atoms with van der Waals surface area (Å²) in [6.07, 6.45) is 4.22. The molecule has 3 nitrogen and oxygen atoms in total. The number of fused-ring (bicyclic) bond motifs is 3. The fourth-order valence-corrected chi connectivity index (χ4v) is 3.74. The quantitative estimate of drug-likeness (QED) is 0.321. The zero-order chi connectivity index (χ0) is 20.4. The number of benzene rings is 3. The third-order valence-electron chi connectivity index (χ3n) is 5.27. The van der Waals surface area contributed by atoms with E-state index in [0.717, 1.165) is 30.0 Å². The minimum Gasteiger partial charge on any atom is -0.423 e. The summed E-state index contributed by atoms with van der Waals surface area (Å²) in [6, 6.07) is 17.7. The second-order valence-corrected chi connectivity index (χ2v) is 7.29. The molecular weight excluding hydrogens is 365 g/mol. The smallest absolute Gasteiger partial charge is 0.343 e. The molecule has 0 unspecified atom stereocenters. The van der Waals surface area contributed by atoms with Crippen molar-refractivity contribution in [2.45, 2.75) is 32.6 Å². The Labute approximate surface area is 169 Å². The van der Waals surface area contributed by atoms with Crippen molar-refractivity contribution in [3.05, 3.63) is 88.2 Å². The van der Waals surface area contributed by atoms with Crippen molar-refractivity contribution in [2.24, 2.45) is 0 Å². The Hall–Kier alpha value is -3.45. The second-order valence-electron chi connectivity index (χ2n) is 7.29. The minimum atomic E-state index is -0.707. The van der Waals surface area contributed by atoms with Gasteiger partial charge in [-0.3, -0.25) is 0 Å². The summed E-state index contributed by atoms with van der Waals surface area (Å²) in [5.41, 5.74) is 6.42. The first-order chi connectivity index (χ1) is 14.1. The molecule has 1 aliphatic rings. The first-order valence-electron chi connectivity index (χ1n) is 9.76. The average molecular weight is 385 g/mol. The summed E-state index contributed by atoms with van der Waals surface area (Å²) in [4.78, 5) is 12.5. The SMILES string of the molecule is CCCCc1ccc2c(c1)Cc1cc(C(=O)Oc3ccc(C#N)c(F)c3)ccc1-2. The van der Waals surface area contributed by atoms with E-state index in [1.807, 2.05) is 12.1 Å². The molecule has 4 rings (SSSR count). The Morgan fingerprint density at radius 2 is 1.83 bits per heavy atom. The van der Waals surface area contributed by atoms with Crippen molar-refractivity contribution in [1.29, 1.82) is 5.26 Å². The lowest BCUT2D eigenvalue weighted by atomic mass is 10.0. The lowest BCUT2D eigenvalue weighted by Gasteiger charge is -2.07. The fourth-order valence-electron chi connectivity index (χ4n) is 3.74. The van der Waals surface area contributed by atoms with Crippen molar-refractivity contribution in [3.63, 3.8) is 0 Å². The lowest BCUT2D eigenvalue weighted by Crippen LogP contribution is -2.09. The van der Waals surface area contributed by atoms with Crippen LogP contribution in [0, 0.1) is 17.1 Å². The van der Waals surface area contributed by atoms with Crippen LogP contribution in [0.3, 0.4) is 0 Å². The Morgan fingerprint density at radius 3 is 2.55 bits per heavy atom. The third-order valence-corrected chi connectivity index (χ3v) is 5.27. The van der Waals surface area contributed by atoms with Crippen molar-refractivity contribution in [1.82, 2.24) is 0 Å². The van der Waals surface area contributed by atoms with Crippen LogP contribution in [0.2, 0.25) is 0 Å². The van der Waals surface area contributed by atoms with Crippen LogP contribution < -0.4 is 4.74 Å². The van der Waals surface area contributed by atoms with E-state index < -0.39 is 11.8 Å². The fraction of sp³-hybridized carbons (Fsp3) is 0.200. The van der Waals surface area contributed by atoms with Crippen LogP contribution in [0.15, 0.2) is 54.6 Å². The van der Waals surface area contributed by atoms with Gasteiger partial charge in [0.05, 0.1) is 11.1 Å². The monoisotopic (exact) mass is 385 g/mol. The zero-order valence-electron chi connectivity index (χ0n) is 16.2. The second kappa shape index (κ2) is 7.89. The number of rotatable bonds is 5. The predicted octanol–water partition coefficient (Wildman–Crippen LogP) is 5.83. The van der Waals surface area contributed by atoms with E-state index in [2.05, 4.69) is 25.1 Å². The average Bonchev–Trinajstić information content (AvgIpc) is 3.09. The maximum Gasteiger partial charge on any atom is 0.343 e. The standard InChI is InChI=1S/C25H20FNO2/c1-2-3-4-16-5-9-22-19(11-16)13-20-12-17(7-10-23(20)22)25(28)29-21-8-6-18(15-27)24(26)14-21/h5-12,14H,2-4,13H2,1H3. The van der Waals surface area contributed by atoms with E-state index in [1.54, 1.807) is 12.1 Å². The molecule has 0 N–H and O–H groups in total. The molecule has 1 aliphatic carbocycles. The van der Waals surface area contributed by atoms with Crippen LogP contribution in [0.4, 0.5) is 4.39 Å². The number of esters is 1. The van der Waals surface area contributed by atoms with Gasteiger partial charge in [-0.25, -0.2) is 9.18 Å². The number of nitrogens with zero attached hydrogens (tertiary/aromatic N) is 1. The van der Waals surface area contributed by atoms with Gasteiger partial charge in [0.15, 0.2) is 0 Å². The third kappa shape index (κ3) is 3.77. The first kappa shape index (κ1) is 18.9. The molecule has 0 radical (unpaired) electrons. The van der Waals surface area contributed by atoms with Gasteiger partial charge >= 0.3 is 5.97 Å². The Kier molecular flexibility index (Phi) is 5.14. The van der Waals surface area contributed by atoms with E-state index in [0.29, 0.717) is 5.56 Å². The zero-order valence-corrected chi connectivity index (χ0v) is 16.2. The Bertz CT molecular complexity index is 1140. The predicted molar refractivity (Wildman–Crippen MR) is 109 cm³/mol. The molecule has 29 heavy (non-hydrogen) atoms. The van der Waals surface area contributed by atoms with Gasteiger partial charge in [0.1, 0.15) is 17.6 Å². The molecule has 144 valence electrons. The van der Waals surface area contributed by atoms with Crippen LogP contribution in [0.5, 0.6) is 5.75 Å². The molecule has 0 aromatic heterocycles.